The molecule has 2 aliphatic rings. The van der Waals surface area contributed by atoms with Gasteiger partial charge in [-0.2, -0.15) is 0 Å². The Morgan fingerprint density at radius 1 is 1.04 bits per heavy atom. The summed E-state index contributed by atoms with van der Waals surface area (Å²) in [5, 5.41) is 8.27. The number of nitrogens with zero attached hydrogens (tertiary/aromatic N) is 5. The average molecular weight is 373 g/mol. The lowest BCUT2D eigenvalue weighted by Crippen LogP contribution is -2.43. The summed E-state index contributed by atoms with van der Waals surface area (Å²) >= 11 is 0. The molecule has 0 radical (unpaired) electrons. The molecular weight excluding hydrogens is 354 g/mol. The minimum Gasteiger partial charge on any atom is -0.480 e. The smallest absolute Gasteiger partial charge is 0.243 e. The topological polar surface area (TPSA) is 81.1 Å². The third kappa shape index (κ3) is 2.32. The van der Waals surface area contributed by atoms with Crippen molar-refractivity contribution in [2.45, 2.75) is 31.6 Å². The zero-order valence-corrected chi connectivity index (χ0v) is 15.7. The van der Waals surface area contributed by atoms with Crippen molar-refractivity contribution in [2.24, 2.45) is 0 Å². The molecule has 140 valence electrons. The van der Waals surface area contributed by atoms with E-state index < -0.39 is 5.41 Å². The van der Waals surface area contributed by atoms with E-state index in [0.717, 1.165) is 47.5 Å². The lowest BCUT2D eigenvalue weighted by atomic mass is 9.65. The van der Waals surface area contributed by atoms with Crippen molar-refractivity contribution in [3.8, 4) is 17.0 Å². The minimum atomic E-state index is -0.431. The van der Waals surface area contributed by atoms with Crippen molar-refractivity contribution in [1.29, 1.82) is 0 Å². The molecule has 5 rings (SSSR count). The van der Waals surface area contributed by atoms with Crippen LogP contribution in [0.4, 0.5) is 11.5 Å². The number of ether oxygens (including phenoxy) is 1. The Hall–Kier alpha value is -3.35. The number of aromatic nitrogens is 4. The van der Waals surface area contributed by atoms with E-state index >= 15 is 0 Å². The molecule has 0 atom stereocenters. The molecule has 0 bridgehead atoms. The second kappa shape index (κ2) is 6.09. The number of fused-ring (bicyclic) bond motifs is 2. The number of aryl methyl sites for hydroxylation is 1. The van der Waals surface area contributed by atoms with Crippen molar-refractivity contribution < 1.29 is 9.53 Å². The molecule has 3 aromatic rings. The molecule has 1 fully saturated rings. The number of anilines is 2. The van der Waals surface area contributed by atoms with Gasteiger partial charge in [0.05, 0.1) is 18.2 Å². The van der Waals surface area contributed by atoms with Crippen molar-refractivity contribution in [1.82, 2.24) is 20.2 Å². The Morgan fingerprint density at radius 3 is 2.43 bits per heavy atom. The predicted molar refractivity (Wildman–Crippen MR) is 103 cm³/mol. The van der Waals surface area contributed by atoms with Gasteiger partial charge in [0.2, 0.25) is 11.8 Å². The molecule has 2 aromatic heterocycles. The van der Waals surface area contributed by atoms with Crippen LogP contribution in [0, 0.1) is 6.92 Å². The molecule has 28 heavy (non-hydrogen) atoms. The minimum absolute atomic E-state index is 0.0746. The lowest BCUT2D eigenvalue weighted by molar-refractivity contribution is -0.125. The van der Waals surface area contributed by atoms with Gasteiger partial charge in [-0.1, -0.05) is 18.6 Å². The fourth-order valence-electron chi connectivity index (χ4n) is 4.06. The SMILES string of the molecule is COc1ccc(N2C(=O)C3(CCC3)c3ccc(-c4cnc(C)nc4)cc32)nn1. The van der Waals surface area contributed by atoms with Gasteiger partial charge in [0, 0.05) is 24.0 Å². The van der Waals surface area contributed by atoms with E-state index in [2.05, 4.69) is 26.2 Å². The summed E-state index contributed by atoms with van der Waals surface area (Å²) in [5.41, 5.74) is 3.38. The molecule has 0 N–H and O–H groups in total. The van der Waals surface area contributed by atoms with Crippen LogP contribution in [0.15, 0.2) is 42.7 Å². The van der Waals surface area contributed by atoms with Crippen molar-refractivity contribution in [3.63, 3.8) is 0 Å². The first-order valence-electron chi connectivity index (χ1n) is 9.28. The van der Waals surface area contributed by atoms with Gasteiger partial charge in [0.1, 0.15) is 5.82 Å². The van der Waals surface area contributed by atoms with Crippen LogP contribution in [0.2, 0.25) is 0 Å². The van der Waals surface area contributed by atoms with Gasteiger partial charge in [0.15, 0.2) is 5.82 Å². The molecule has 1 aliphatic carbocycles. The zero-order valence-electron chi connectivity index (χ0n) is 15.7. The zero-order chi connectivity index (χ0) is 19.3. The van der Waals surface area contributed by atoms with Gasteiger partial charge in [-0.25, -0.2) is 9.97 Å². The molecule has 0 saturated heterocycles. The number of carbonyl (C=O) groups excluding carboxylic acids is 1. The van der Waals surface area contributed by atoms with Crippen molar-refractivity contribution in [2.75, 3.05) is 12.0 Å². The third-order valence-corrected chi connectivity index (χ3v) is 5.75. The standard InChI is InChI=1S/C21H19N5O2/c1-13-22-11-15(12-23-13)14-4-5-16-17(10-14)26(20(27)21(16)8-3-9-21)18-6-7-19(28-2)25-24-18/h4-7,10-12H,3,8-9H2,1-2H3. The molecule has 1 aliphatic heterocycles. The van der Waals surface area contributed by atoms with Gasteiger partial charge in [-0.05, 0) is 43.0 Å². The maximum atomic E-state index is 13.4. The highest BCUT2D eigenvalue weighted by molar-refractivity contribution is 6.13. The highest BCUT2D eigenvalue weighted by atomic mass is 16.5. The molecular formula is C21H19N5O2. The van der Waals surface area contributed by atoms with E-state index in [0.29, 0.717) is 11.7 Å². The molecule has 7 heteroatoms. The molecule has 1 amide bonds. The van der Waals surface area contributed by atoms with Crippen molar-refractivity contribution in [3.05, 3.63) is 54.1 Å². The molecule has 0 unspecified atom stereocenters. The number of amides is 1. The van der Waals surface area contributed by atoms with E-state index in [1.54, 1.807) is 36.5 Å². The highest BCUT2D eigenvalue weighted by Crippen LogP contribution is 2.55. The molecule has 1 spiro atoms. The summed E-state index contributed by atoms with van der Waals surface area (Å²) < 4.78 is 5.10. The summed E-state index contributed by atoms with van der Waals surface area (Å²) in [6.07, 6.45) is 6.40. The average Bonchev–Trinajstić information content (AvgIpc) is 2.96. The second-order valence-corrected chi connectivity index (χ2v) is 7.26. The number of carbonyl (C=O) groups is 1. The van der Waals surface area contributed by atoms with Crippen LogP contribution in [0.1, 0.15) is 30.7 Å². The maximum absolute atomic E-state index is 13.4. The molecule has 3 heterocycles. The Balaban J connectivity index is 1.64. The monoisotopic (exact) mass is 373 g/mol. The third-order valence-electron chi connectivity index (χ3n) is 5.75. The van der Waals surface area contributed by atoms with E-state index in [1.165, 1.54) is 0 Å². The van der Waals surface area contributed by atoms with Crippen molar-refractivity contribution >= 4 is 17.4 Å². The summed E-state index contributed by atoms with van der Waals surface area (Å²) in [6, 6.07) is 9.63. The van der Waals surface area contributed by atoms with Crippen LogP contribution in [-0.4, -0.2) is 33.2 Å². The number of rotatable bonds is 3. The maximum Gasteiger partial charge on any atom is 0.243 e. The lowest BCUT2D eigenvalue weighted by Gasteiger charge is -2.36. The fourth-order valence-corrected chi connectivity index (χ4v) is 4.06. The quantitative estimate of drug-likeness (QED) is 0.700. The normalized spacial score (nSPS) is 16.8. The Kier molecular flexibility index (Phi) is 3.65. The Morgan fingerprint density at radius 2 is 1.82 bits per heavy atom. The van der Waals surface area contributed by atoms with E-state index in [9.17, 15) is 4.79 Å². The summed E-state index contributed by atoms with van der Waals surface area (Å²) in [5.74, 6) is 1.72. The summed E-state index contributed by atoms with van der Waals surface area (Å²) in [7, 11) is 1.54. The van der Waals surface area contributed by atoms with Crippen LogP contribution in [-0.2, 0) is 10.2 Å². The van der Waals surface area contributed by atoms with E-state index in [4.69, 9.17) is 4.74 Å². The van der Waals surface area contributed by atoms with Crippen LogP contribution in [0.25, 0.3) is 11.1 Å². The van der Waals surface area contributed by atoms with Gasteiger partial charge < -0.3 is 4.74 Å². The highest BCUT2D eigenvalue weighted by Gasteiger charge is 2.55. The molecule has 1 saturated carbocycles. The second-order valence-electron chi connectivity index (χ2n) is 7.26. The predicted octanol–water partition coefficient (Wildman–Crippen LogP) is 3.35. The first-order valence-corrected chi connectivity index (χ1v) is 9.28. The largest absolute Gasteiger partial charge is 0.480 e. The van der Waals surface area contributed by atoms with Gasteiger partial charge in [0.25, 0.3) is 0 Å². The van der Waals surface area contributed by atoms with Gasteiger partial charge >= 0.3 is 0 Å². The molecule has 7 nitrogen and oxygen atoms in total. The first-order chi connectivity index (χ1) is 13.6. The number of benzene rings is 1. The Bertz CT molecular complexity index is 1060. The number of hydrogen-bond acceptors (Lipinski definition) is 6. The van der Waals surface area contributed by atoms with E-state index in [-0.39, 0.29) is 5.91 Å². The van der Waals surface area contributed by atoms with E-state index in [1.807, 2.05) is 19.1 Å². The number of methoxy groups -OCH3 is 1. The first kappa shape index (κ1) is 16.8. The summed E-state index contributed by atoms with van der Waals surface area (Å²) in [6.45, 7) is 1.86. The van der Waals surface area contributed by atoms with Gasteiger partial charge in [-0.3, -0.25) is 9.69 Å². The van der Waals surface area contributed by atoms with Crippen LogP contribution in [0.3, 0.4) is 0 Å². The van der Waals surface area contributed by atoms with Gasteiger partial charge in [-0.15, -0.1) is 10.2 Å². The van der Waals surface area contributed by atoms with Crippen LogP contribution >= 0.6 is 0 Å². The number of hydrogen-bond donors (Lipinski definition) is 0. The van der Waals surface area contributed by atoms with Crippen LogP contribution in [0.5, 0.6) is 5.88 Å². The Labute approximate surface area is 162 Å². The van der Waals surface area contributed by atoms with Crippen LogP contribution < -0.4 is 9.64 Å². The fraction of sp³-hybridized carbons (Fsp3) is 0.286. The molecule has 1 aromatic carbocycles. The summed E-state index contributed by atoms with van der Waals surface area (Å²) in [4.78, 5) is 23.7.